The van der Waals surface area contributed by atoms with E-state index < -0.39 is 18.2 Å². The molecule has 4 heteroatoms. The standard InChI is InChI=1S/C9H8O4/c10-7-5-3-1-2-4-6(5)13-9(12)8(7)11/h1-4,7-8,10-11H/t7-,8-/m0/s1. The van der Waals surface area contributed by atoms with Crippen molar-refractivity contribution >= 4 is 5.97 Å². The van der Waals surface area contributed by atoms with Crippen LogP contribution in [0.5, 0.6) is 5.75 Å². The number of aliphatic hydroxyl groups is 2. The van der Waals surface area contributed by atoms with Gasteiger partial charge < -0.3 is 14.9 Å². The lowest BCUT2D eigenvalue weighted by Gasteiger charge is -2.24. The minimum absolute atomic E-state index is 0.310. The summed E-state index contributed by atoms with van der Waals surface area (Å²) in [5.41, 5.74) is 0.439. The zero-order valence-corrected chi connectivity index (χ0v) is 6.68. The van der Waals surface area contributed by atoms with E-state index in [9.17, 15) is 9.90 Å². The molecule has 1 aromatic carbocycles. The van der Waals surface area contributed by atoms with E-state index in [0.717, 1.165) is 0 Å². The van der Waals surface area contributed by atoms with Crippen LogP contribution in [0, 0.1) is 0 Å². The molecule has 68 valence electrons. The Hall–Kier alpha value is -1.39. The lowest BCUT2D eigenvalue weighted by atomic mass is 10.0. The Morgan fingerprint density at radius 1 is 1.15 bits per heavy atom. The van der Waals surface area contributed by atoms with E-state index in [-0.39, 0.29) is 0 Å². The maximum atomic E-state index is 10.9. The van der Waals surface area contributed by atoms with Crippen molar-refractivity contribution in [3.05, 3.63) is 29.8 Å². The molecule has 0 bridgehead atoms. The van der Waals surface area contributed by atoms with Gasteiger partial charge in [-0.25, -0.2) is 4.79 Å². The third kappa shape index (κ3) is 1.20. The highest BCUT2D eigenvalue weighted by molar-refractivity contribution is 5.80. The Morgan fingerprint density at radius 2 is 1.85 bits per heavy atom. The van der Waals surface area contributed by atoms with E-state index in [0.29, 0.717) is 11.3 Å². The van der Waals surface area contributed by atoms with Gasteiger partial charge in [0.25, 0.3) is 0 Å². The van der Waals surface area contributed by atoms with Crippen molar-refractivity contribution in [2.45, 2.75) is 12.2 Å². The van der Waals surface area contributed by atoms with Gasteiger partial charge in [0.2, 0.25) is 0 Å². The summed E-state index contributed by atoms with van der Waals surface area (Å²) in [6.45, 7) is 0. The van der Waals surface area contributed by atoms with Crippen molar-refractivity contribution < 1.29 is 19.7 Å². The second-order valence-corrected chi connectivity index (χ2v) is 2.85. The fourth-order valence-electron chi connectivity index (χ4n) is 1.29. The quantitative estimate of drug-likeness (QED) is 0.435. The topological polar surface area (TPSA) is 66.8 Å². The largest absolute Gasteiger partial charge is 0.424 e. The van der Waals surface area contributed by atoms with Gasteiger partial charge in [-0.2, -0.15) is 0 Å². The van der Waals surface area contributed by atoms with Crippen molar-refractivity contribution in [2.24, 2.45) is 0 Å². The molecule has 0 unspecified atom stereocenters. The predicted octanol–water partition coefficient (Wildman–Crippen LogP) is -0.000100. The monoisotopic (exact) mass is 180 g/mol. The maximum Gasteiger partial charge on any atom is 0.343 e. The molecule has 0 saturated carbocycles. The lowest BCUT2D eigenvalue weighted by Crippen LogP contribution is -2.36. The first-order valence-electron chi connectivity index (χ1n) is 3.87. The van der Waals surface area contributed by atoms with Gasteiger partial charge >= 0.3 is 5.97 Å². The van der Waals surface area contributed by atoms with Crippen molar-refractivity contribution in [1.29, 1.82) is 0 Å². The van der Waals surface area contributed by atoms with Crippen molar-refractivity contribution in [1.82, 2.24) is 0 Å². The molecule has 2 rings (SSSR count). The number of para-hydroxylation sites is 1. The highest BCUT2D eigenvalue weighted by Crippen LogP contribution is 2.31. The zero-order chi connectivity index (χ0) is 9.42. The Morgan fingerprint density at radius 3 is 2.62 bits per heavy atom. The third-order valence-corrected chi connectivity index (χ3v) is 1.99. The van der Waals surface area contributed by atoms with Gasteiger partial charge in [-0.1, -0.05) is 18.2 Å². The van der Waals surface area contributed by atoms with Crippen LogP contribution in [0.1, 0.15) is 11.7 Å². The number of aliphatic hydroxyl groups excluding tert-OH is 2. The summed E-state index contributed by atoms with van der Waals surface area (Å²) < 4.78 is 4.77. The average molecular weight is 180 g/mol. The molecule has 0 saturated heterocycles. The summed E-state index contributed by atoms with van der Waals surface area (Å²) >= 11 is 0. The van der Waals surface area contributed by atoms with Crippen LogP contribution >= 0.6 is 0 Å². The normalized spacial score (nSPS) is 26.5. The number of fused-ring (bicyclic) bond motifs is 1. The van der Waals surface area contributed by atoms with Crippen molar-refractivity contribution in [3.63, 3.8) is 0 Å². The smallest absolute Gasteiger partial charge is 0.343 e. The number of hydrogen-bond acceptors (Lipinski definition) is 4. The van der Waals surface area contributed by atoms with E-state index in [1.165, 1.54) is 0 Å². The van der Waals surface area contributed by atoms with Crippen LogP contribution < -0.4 is 4.74 Å². The number of esters is 1. The van der Waals surface area contributed by atoms with E-state index in [1.807, 2.05) is 0 Å². The summed E-state index contributed by atoms with van der Waals surface area (Å²) in [6.07, 6.45) is -2.66. The Kier molecular flexibility index (Phi) is 1.79. The molecule has 4 nitrogen and oxygen atoms in total. The van der Waals surface area contributed by atoms with Gasteiger partial charge in [-0.3, -0.25) is 0 Å². The molecule has 1 aromatic rings. The van der Waals surface area contributed by atoms with Gasteiger partial charge in [0.1, 0.15) is 11.9 Å². The van der Waals surface area contributed by atoms with E-state index in [1.54, 1.807) is 24.3 Å². The molecule has 1 heterocycles. The Bertz CT molecular complexity index is 347. The summed E-state index contributed by atoms with van der Waals surface area (Å²) in [5, 5.41) is 18.6. The molecular weight excluding hydrogens is 172 g/mol. The number of hydrogen-bond donors (Lipinski definition) is 2. The van der Waals surface area contributed by atoms with Crippen LogP contribution in [0.25, 0.3) is 0 Å². The SMILES string of the molecule is O=C1Oc2ccccc2[C@H](O)[C@@H]1O. The van der Waals surface area contributed by atoms with Crippen molar-refractivity contribution in [2.75, 3.05) is 0 Å². The lowest BCUT2D eigenvalue weighted by molar-refractivity contribution is -0.153. The van der Waals surface area contributed by atoms with E-state index >= 15 is 0 Å². The van der Waals surface area contributed by atoms with Crippen LogP contribution in [-0.2, 0) is 4.79 Å². The molecule has 1 aliphatic rings. The first kappa shape index (κ1) is 8.22. The highest BCUT2D eigenvalue weighted by atomic mass is 16.6. The van der Waals surface area contributed by atoms with Gasteiger partial charge in [-0.15, -0.1) is 0 Å². The van der Waals surface area contributed by atoms with Crippen LogP contribution in [0.15, 0.2) is 24.3 Å². The van der Waals surface area contributed by atoms with E-state index in [4.69, 9.17) is 9.84 Å². The zero-order valence-electron chi connectivity index (χ0n) is 6.68. The van der Waals surface area contributed by atoms with Crippen molar-refractivity contribution in [3.8, 4) is 5.75 Å². The minimum Gasteiger partial charge on any atom is -0.424 e. The third-order valence-electron chi connectivity index (χ3n) is 1.99. The molecule has 0 radical (unpaired) electrons. The van der Waals surface area contributed by atoms with Gasteiger partial charge in [0.05, 0.1) is 0 Å². The number of carbonyl (C=O) groups is 1. The number of carbonyl (C=O) groups excluding carboxylic acids is 1. The maximum absolute atomic E-state index is 10.9. The minimum atomic E-state index is -1.48. The van der Waals surface area contributed by atoms with Gasteiger partial charge in [0.15, 0.2) is 6.10 Å². The first-order chi connectivity index (χ1) is 6.20. The molecule has 0 spiro atoms. The first-order valence-corrected chi connectivity index (χ1v) is 3.87. The predicted molar refractivity (Wildman–Crippen MR) is 43.0 cm³/mol. The number of rotatable bonds is 0. The molecule has 0 amide bonds. The van der Waals surface area contributed by atoms with Crippen LogP contribution in [0.3, 0.4) is 0 Å². The highest BCUT2D eigenvalue weighted by Gasteiger charge is 2.34. The fraction of sp³-hybridized carbons (Fsp3) is 0.222. The van der Waals surface area contributed by atoms with Crippen LogP contribution in [0.2, 0.25) is 0 Å². The van der Waals surface area contributed by atoms with Gasteiger partial charge in [-0.05, 0) is 6.07 Å². The van der Waals surface area contributed by atoms with Gasteiger partial charge in [0, 0.05) is 5.56 Å². The molecular formula is C9H8O4. The fourth-order valence-corrected chi connectivity index (χ4v) is 1.29. The summed E-state index contributed by atoms with van der Waals surface area (Å²) in [7, 11) is 0. The summed E-state index contributed by atoms with van der Waals surface area (Å²) in [5.74, 6) is -0.503. The van der Waals surface area contributed by atoms with Crippen LogP contribution in [0.4, 0.5) is 0 Å². The molecule has 0 aliphatic carbocycles. The summed E-state index contributed by atoms with van der Waals surface area (Å²) in [6, 6.07) is 6.57. The Balaban J connectivity index is 2.49. The molecule has 1 aliphatic heterocycles. The second-order valence-electron chi connectivity index (χ2n) is 2.85. The van der Waals surface area contributed by atoms with Crippen LogP contribution in [-0.4, -0.2) is 22.3 Å². The summed E-state index contributed by atoms with van der Waals surface area (Å²) in [4.78, 5) is 10.9. The molecule has 2 N–H and O–H groups in total. The molecule has 2 atom stereocenters. The number of ether oxygens (including phenoxy) is 1. The molecule has 0 fully saturated rings. The number of benzene rings is 1. The Labute approximate surface area is 74.4 Å². The second kappa shape index (κ2) is 2.83. The molecule has 0 aromatic heterocycles. The molecule has 13 heavy (non-hydrogen) atoms. The van der Waals surface area contributed by atoms with E-state index in [2.05, 4.69) is 0 Å². The average Bonchev–Trinajstić information content (AvgIpc) is 2.15.